The molecule has 2 aromatic carbocycles. The Labute approximate surface area is 173 Å². The first kappa shape index (κ1) is 19.6. The van der Waals surface area contributed by atoms with E-state index in [1.807, 2.05) is 35.0 Å². The summed E-state index contributed by atoms with van der Waals surface area (Å²) in [5, 5.41) is 2.91. The van der Waals surface area contributed by atoms with E-state index in [2.05, 4.69) is 10.3 Å². The van der Waals surface area contributed by atoms with Crippen LogP contribution in [0.5, 0.6) is 0 Å². The van der Waals surface area contributed by atoms with Crippen LogP contribution in [0, 0.1) is 5.82 Å². The maximum atomic E-state index is 13.8. The number of piperazine rings is 1. The lowest BCUT2D eigenvalue weighted by Crippen LogP contribution is -2.53. The number of amides is 3. The average molecular weight is 407 g/mol. The summed E-state index contributed by atoms with van der Waals surface area (Å²) in [6.45, 7) is 1.98. The Morgan fingerprint density at radius 1 is 0.967 bits per heavy atom. The largest absolute Gasteiger partial charge is 0.335 e. The van der Waals surface area contributed by atoms with E-state index in [1.165, 1.54) is 12.1 Å². The molecule has 30 heavy (non-hydrogen) atoms. The van der Waals surface area contributed by atoms with E-state index in [1.54, 1.807) is 34.5 Å². The number of carbonyl (C=O) groups is 2. The Morgan fingerprint density at radius 3 is 2.33 bits per heavy atom. The van der Waals surface area contributed by atoms with Crippen LogP contribution >= 0.6 is 0 Å². The minimum absolute atomic E-state index is 0.0644. The smallest absolute Gasteiger partial charge is 0.317 e. The molecule has 1 N–H and O–H groups in total. The number of hydrogen-bond acceptors (Lipinski definition) is 3. The van der Waals surface area contributed by atoms with Crippen molar-refractivity contribution < 1.29 is 14.0 Å². The summed E-state index contributed by atoms with van der Waals surface area (Å²) < 4.78 is 15.7. The fraction of sp³-hybridized carbons (Fsp3) is 0.227. The monoisotopic (exact) mass is 407 g/mol. The lowest BCUT2D eigenvalue weighted by molar-refractivity contribution is 0.0660. The van der Waals surface area contributed by atoms with Crippen LogP contribution < -0.4 is 5.32 Å². The summed E-state index contributed by atoms with van der Waals surface area (Å²) in [6.07, 6.45) is 5.32. The van der Waals surface area contributed by atoms with Gasteiger partial charge in [-0.1, -0.05) is 24.3 Å². The molecule has 3 amide bonds. The highest BCUT2D eigenvalue weighted by Crippen LogP contribution is 2.13. The van der Waals surface area contributed by atoms with Crippen LogP contribution in [0.25, 0.3) is 5.69 Å². The van der Waals surface area contributed by atoms with Gasteiger partial charge in [0.2, 0.25) is 0 Å². The summed E-state index contributed by atoms with van der Waals surface area (Å²) in [7, 11) is 0. The van der Waals surface area contributed by atoms with Gasteiger partial charge in [0.05, 0.1) is 11.9 Å². The molecule has 0 spiro atoms. The molecular weight excluding hydrogens is 385 g/mol. The van der Waals surface area contributed by atoms with E-state index < -0.39 is 5.82 Å². The number of rotatable bonds is 4. The Bertz CT molecular complexity index is 1010. The molecule has 8 heteroatoms. The third kappa shape index (κ3) is 4.32. The van der Waals surface area contributed by atoms with E-state index in [0.717, 1.165) is 11.3 Å². The van der Waals surface area contributed by atoms with Crippen molar-refractivity contribution >= 4 is 11.9 Å². The van der Waals surface area contributed by atoms with Gasteiger partial charge in [-0.25, -0.2) is 14.2 Å². The second kappa shape index (κ2) is 8.77. The van der Waals surface area contributed by atoms with Crippen LogP contribution in [0.15, 0.2) is 67.3 Å². The third-order valence-corrected chi connectivity index (χ3v) is 5.14. The molecule has 0 unspecified atom stereocenters. The normalized spacial score (nSPS) is 13.9. The maximum absolute atomic E-state index is 13.8. The predicted octanol–water partition coefficient (Wildman–Crippen LogP) is 2.68. The first-order valence-electron chi connectivity index (χ1n) is 9.75. The van der Waals surface area contributed by atoms with Gasteiger partial charge >= 0.3 is 6.03 Å². The lowest BCUT2D eigenvalue weighted by Gasteiger charge is -2.34. The molecule has 7 nitrogen and oxygen atoms in total. The number of carbonyl (C=O) groups excluding carboxylic acids is 2. The summed E-state index contributed by atoms with van der Waals surface area (Å²) in [5.41, 5.74) is 2.05. The van der Waals surface area contributed by atoms with Crippen LogP contribution in [0.3, 0.4) is 0 Å². The molecule has 154 valence electrons. The Kier molecular flexibility index (Phi) is 5.74. The summed E-state index contributed by atoms with van der Waals surface area (Å²) in [4.78, 5) is 32.2. The topological polar surface area (TPSA) is 70.5 Å². The van der Waals surface area contributed by atoms with Crippen LogP contribution in [0.1, 0.15) is 15.9 Å². The predicted molar refractivity (Wildman–Crippen MR) is 110 cm³/mol. The SMILES string of the molecule is O=C(NCc1ccc(-n2ccnc2)cc1)N1CCN(C(=O)c2ccccc2F)CC1. The van der Waals surface area contributed by atoms with Gasteiger partial charge in [0.15, 0.2) is 0 Å². The second-order valence-corrected chi connectivity index (χ2v) is 7.05. The minimum Gasteiger partial charge on any atom is -0.335 e. The molecule has 3 aromatic rings. The molecule has 0 radical (unpaired) electrons. The molecular formula is C22H22FN5O2. The maximum Gasteiger partial charge on any atom is 0.317 e. The van der Waals surface area contributed by atoms with Crippen molar-refractivity contribution in [2.24, 2.45) is 0 Å². The number of aromatic nitrogens is 2. The number of urea groups is 1. The molecule has 0 saturated carbocycles. The molecule has 1 aliphatic rings. The second-order valence-electron chi connectivity index (χ2n) is 7.05. The van der Waals surface area contributed by atoms with Crippen molar-refractivity contribution in [3.8, 4) is 5.69 Å². The van der Waals surface area contributed by atoms with E-state index in [9.17, 15) is 14.0 Å². The fourth-order valence-corrected chi connectivity index (χ4v) is 3.40. The van der Waals surface area contributed by atoms with Gasteiger partial charge in [0.1, 0.15) is 5.82 Å². The zero-order chi connectivity index (χ0) is 20.9. The van der Waals surface area contributed by atoms with Gasteiger partial charge in [-0.15, -0.1) is 0 Å². The van der Waals surface area contributed by atoms with E-state index in [0.29, 0.717) is 32.7 Å². The van der Waals surface area contributed by atoms with Crippen molar-refractivity contribution in [2.45, 2.75) is 6.54 Å². The van der Waals surface area contributed by atoms with Gasteiger partial charge in [-0.2, -0.15) is 0 Å². The van der Waals surface area contributed by atoms with Crippen LogP contribution in [-0.2, 0) is 6.54 Å². The highest BCUT2D eigenvalue weighted by Gasteiger charge is 2.26. The number of benzene rings is 2. The van der Waals surface area contributed by atoms with Crippen molar-refractivity contribution in [2.75, 3.05) is 26.2 Å². The van der Waals surface area contributed by atoms with E-state index >= 15 is 0 Å². The van der Waals surface area contributed by atoms with Crippen molar-refractivity contribution in [1.29, 1.82) is 0 Å². The lowest BCUT2D eigenvalue weighted by atomic mass is 10.1. The van der Waals surface area contributed by atoms with Crippen molar-refractivity contribution in [3.05, 3.63) is 84.2 Å². The van der Waals surface area contributed by atoms with E-state index in [-0.39, 0.29) is 17.5 Å². The molecule has 1 fully saturated rings. The van der Waals surface area contributed by atoms with Gasteiger partial charge < -0.3 is 19.7 Å². The molecule has 0 atom stereocenters. The van der Waals surface area contributed by atoms with Gasteiger partial charge in [-0.05, 0) is 29.8 Å². The van der Waals surface area contributed by atoms with Crippen LogP contribution in [-0.4, -0.2) is 57.5 Å². The third-order valence-electron chi connectivity index (χ3n) is 5.14. The summed E-state index contributed by atoms with van der Waals surface area (Å²) >= 11 is 0. The molecule has 1 aliphatic heterocycles. The molecule has 4 rings (SSSR count). The zero-order valence-corrected chi connectivity index (χ0v) is 16.4. The van der Waals surface area contributed by atoms with Gasteiger partial charge in [0, 0.05) is 50.8 Å². The zero-order valence-electron chi connectivity index (χ0n) is 16.4. The van der Waals surface area contributed by atoms with Gasteiger partial charge in [-0.3, -0.25) is 4.79 Å². The average Bonchev–Trinajstić information content (AvgIpc) is 3.33. The molecule has 1 saturated heterocycles. The highest BCUT2D eigenvalue weighted by atomic mass is 19.1. The first-order chi connectivity index (χ1) is 14.6. The fourth-order valence-electron chi connectivity index (χ4n) is 3.40. The summed E-state index contributed by atoms with van der Waals surface area (Å²) in [5.74, 6) is -0.868. The quantitative estimate of drug-likeness (QED) is 0.723. The van der Waals surface area contributed by atoms with Gasteiger partial charge in [0.25, 0.3) is 5.91 Å². The van der Waals surface area contributed by atoms with E-state index in [4.69, 9.17) is 0 Å². The number of imidazole rings is 1. The number of hydrogen-bond donors (Lipinski definition) is 1. The van der Waals surface area contributed by atoms with Crippen molar-refractivity contribution in [3.63, 3.8) is 0 Å². The number of nitrogens with zero attached hydrogens (tertiary/aromatic N) is 4. The van der Waals surface area contributed by atoms with Crippen LogP contribution in [0.4, 0.5) is 9.18 Å². The minimum atomic E-state index is -0.526. The molecule has 1 aromatic heterocycles. The van der Waals surface area contributed by atoms with Crippen molar-refractivity contribution in [1.82, 2.24) is 24.7 Å². The number of halogens is 1. The molecule has 0 bridgehead atoms. The molecule has 2 heterocycles. The Hall–Kier alpha value is -3.68. The van der Waals surface area contributed by atoms with Crippen LogP contribution in [0.2, 0.25) is 0 Å². The Balaban J connectivity index is 1.26. The molecule has 0 aliphatic carbocycles. The Morgan fingerprint density at radius 2 is 1.67 bits per heavy atom. The summed E-state index contributed by atoms with van der Waals surface area (Å²) in [6, 6.07) is 13.6. The standard InChI is InChI=1S/C22H22FN5O2/c23-20-4-2-1-3-19(20)21(29)26-11-13-27(14-12-26)22(30)25-15-17-5-7-18(8-6-17)28-10-9-24-16-28/h1-10,16H,11-15H2,(H,25,30). The highest BCUT2D eigenvalue weighted by molar-refractivity contribution is 5.94. The first-order valence-corrected chi connectivity index (χ1v) is 9.75. The number of nitrogens with one attached hydrogen (secondary N) is 1.